The van der Waals surface area contributed by atoms with Crippen molar-refractivity contribution in [3.63, 3.8) is 0 Å². The maximum atomic E-state index is 13.6. The second kappa shape index (κ2) is 6.59. The number of carbonyl (C=O) groups excluding carboxylic acids is 1. The number of pyridine rings is 2. The second-order valence-corrected chi connectivity index (χ2v) is 7.09. The van der Waals surface area contributed by atoms with Gasteiger partial charge in [-0.1, -0.05) is 0 Å². The number of benzene rings is 2. The van der Waals surface area contributed by atoms with Crippen molar-refractivity contribution in [2.24, 2.45) is 0 Å². The number of hydrogen-bond acceptors (Lipinski definition) is 6. The molecule has 0 amide bonds. The highest BCUT2D eigenvalue weighted by atomic mass is 16.5. The van der Waals surface area contributed by atoms with Crippen LogP contribution in [0.25, 0.3) is 38.1 Å². The highest BCUT2D eigenvalue weighted by molar-refractivity contribution is 6.19. The van der Waals surface area contributed by atoms with Gasteiger partial charge in [-0.05, 0) is 43.3 Å². The van der Waals surface area contributed by atoms with Gasteiger partial charge in [0, 0.05) is 22.4 Å². The van der Waals surface area contributed by atoms with Gasteiger partial charge in [0.25, 0.3) is 5.56 Å². The molecule has 7 nitrogen and oxygen atoms in total. The van der Waals surface area contributed by atoms with E-state index in [9.17, 15) is 9.59 Å². The smallest absolute Gasteiger partial charge is 0.267 e. The average Bonchev–Trinajstić information content (AvgIpc) is 3.09. The summed E-state index contributed by atoms with van der Waals surface area (Å²) in [4.78, 5) is 29.5. The molecule has 0 N–H and O–H groups in total. The molecule has 0 unspecified atom stereocenters. The lowest BCUT2D eigenvalue weighted by molar-refractivity contribution is -0.118. The monoisotopic (exact) mass is 402 g/mol. The number of ketones is 1. The molecule has 0 spiro atoms. The maximum absolute atomic E-state index is 13.6. The third-order valence-corrected chi connectivity index (χ3v) is 5.31. The zero-order chi connectivity index (χ0) is 21.0. The molecule has 0 saturated heterocycles. The number of methoxy groups -OCH3 is 2. The Bertz CT molecular complexity index is 1520. The van der Waals surface area contributed by atoms with E-state index in [1.54, 1.807) is 22.7 Å². The molecule has 0 saturated carbocycles. The quantitative estimate of drug-likeness (QED) is 0.418. The van der Waals surface area contributed by atoms with Crippen LogP contribution in [-0.2, 0) is 4.79 Å². The lowest BCUT2D eigenvalue weighted by atomic mass is 10.1. The summed E-state index contributed by atoms with van der Waals surface area (Å²) >= 11 is 0. The molecule has 0 bridgehead atoms. The van der Waals surface area contributed by atoms with Gasteiger partial charge < -0.3 is 14.2 Å². The predicted octanol–water partition coefficient (Wildman–Crippen LogP) is 3.58. The van der Waals surface area contributed by atoms with Crippen LogP contribution in [0.5, 0.6) is 17.2 Å². The lowest BCUT2D eigenvalue weighted by Crippen LogP contribution is -2.14. The van der Waals surface area contributed by atoms with Crippen molar-refractivity contribution in [3.05, 3.63) is 52.9 Å². The minimum Gasteiger partial charge on any atom is -0.493 e. The van der Waals surface area contributed by atoms with Gasteiger partial charge in [-0.2, -0.15) is 0 Å². The summed E-state index contributed by atoms with van der Waals surface area (Å²) in [6.45, 7) is 1.47. The second-order valence-electron chi connectivity index (χ2n) is 7.09. The average molecular weight is 402 g/mol. The number of hydrogen-bond donors (Lipinski definition) is 0. The first-order valence-corrected chi connectivity index (χ1v) is 9.40. The molecule has 150 valence electrons. The molecule has 0 aliphatic carbocycles. The summed E-state index contributed by atoms with van der Waals surface area (Å²) in [6.07, 6.45) is 1.72. The Hall–Kier alpha value is -3.87. The van der Waals surface area contributed by atoms with Crippen LogP contribution in [0.3, 0.4) is 0 Å². The summed E-state index contributed by atoms with van der Waals surface area (Å²) in [5, 5.41) is 2.85. The van der Waals surface area contributed by atoms with E-state index in [2.05, 4.69) is 4.98 Å². The predicted molar refractivity (Wildman–Crippen MR) is 114 cm³/mol. The first kappa shape index (κ1) is 18.2. The van der Waals surface area contributed by atoms with Crippen LogP contribution >= 0.6 is 0 Å². The van der Waals surface area contributed by atoms with E-state index in [0.29, 0.717) is 33.5 Å². The van der Waals surface area contributed by atoms with Gasteiger partial charge in [0.15, 0.2) is 17.3 Å². The Kier molecular flexibility index (Phi) is 3.99. The summed E-state index contributed by atoms with van der Waals surface area (Å²) in [5.74, 6) is 1.37. The number of rotatable bonds is 5. The molecule has 0 aliphatic heterocycles. The molecule has 3 heterocycles. The van der Waals surface area contributed by atoms with Crippen LogP contribution in [0.2, 0.25) is 0 Å². The maximum Gasteiger partial charge on any atom is 0.267 e. The molecule has 5 aromatic rings. The molecular weight excluding hydrogens is 384 g/mol. The highest BCUT2D eigenvalue weighted by Crippen LogP contribution is 2.39. The van der Waals surface area contributed by atoms with Crippen LogP contribution in [0.4, 0.5) is 0 Å². The van der Waals surface area contributed by atoms with Crippen molar-refractivity contribution in [1.82, 2.24) is 9.38 Å². The first-order chi connectivity index (χ1) is 14.5. The fourth-order valence-corrected chi connectivity index (χ4v) is 4.08. The zero-order valence-corrected chi connectivity index (χ0v) is 16.7. The van der Waals surface area contributed by atoms with Gasteiger partial charge in [-0.25, -0.2) is 0 Å². The van der Waals surface area contributed by atoms with E-state index < -0.39 is 0 Å². The van der Waals surface area contributed by atoms with Gasteiger partial charge in [0.2, 0.25) is 0 Å². The van der Waals surface area contributed by atoms with Crippen LogP contribution in [0.15, 0.2) is 47.4 Å². The number of aromatic nitrogens is 2. The minimum atomic E-state index is -0.210. The minimum absolute atomic E-state index is 0.00167. The third-order valence-electron chi connectivity index (χ3n) is 5.31. The Morgan fingerprint density at radius 3 is 2.60 bits per heavy atom. The summed E-state index contributed by atoms with van der Waals surface area (Å²) in [7, 11) is 3.05. The van der Waals surface area contributed by atoms with Gasteiger partial charge in [-0.15, -0.1) is 0 Å². The molecule has 30 heavy (non-hydrogen) atoms. The summed E-state index contributed by atoms with van der Waals surface area (Å²) < 4.78 is 18.2. The Morgan fingerprint density at radius 1 is 1.03 bits per heavy atom. The van der Waals surface area contributed by atoms with Crippen LogP contribution < -0.4 is 19.8 Å². The highest BCUT2D eigenvalue weighted by Gasteiger charge is 2.22. The topological polar surface area (TPSA) is 79.1 Å². The number of Topliss-reactive ketones (excluding diaryl/α,β-unsaturated/α-hetero) is 1. The third kappa shape index (κ3) is 2.41. The lowest BCUT2D eigenvalue weighted by Gasteiger charge is -2.12. The Balaban J connectivity index is 1.95. The number of nitrogens with zero attached hydrogens (tertiary/aromatic N) is 2. The Labute approximate surface area is 170 Å². The van der Waals surface area contributed by atoms with Crippen LogP contribution in [-0.4, -0.2) is 36.0 Å². The molecule has 5 rings (SSSR count). The molecule has 7 heteroatoms. The van der Waals surface area contributed by atoms with Crippen molar-refractivity contribution in [2.45, 2.75) is 6.92 Å². The Morgan fingerprint density at radius 2 is 1.87 bits per heavy atom. The van der Waals surface area contributed by atoms with Crippen molar-refractivity contribution < 1.29 is 19.0 Å². The molecule has 0 fully saturated rings. The van der Waals surface area contributed by atoms with Crippen LogP contribution in [0.1, 0.15) is 6.92 Å². The fourth-order valence-electron chi connectivity index (χ4n) is 4.08. The van der Waals surface area contributed by atoms with Crippen molar-refractivity contribution in [3.8, 4) is 17.2 Å². The van der Waals surface area contributed by atoms with E-state index in [1.807, 2.05) is 24.3 Å². The van der Waals surface area contributed by atoms with E-state index in [0.717, 1.165) is 21.8 Å². The summed E-state index contributed by atoms with van der Waals surface area (Å²) in [6, 6.07) is 10.9. The van der Waals surface area contributed by atoms with E-state index in [1.165, 1.54) is 21.1 Å². The number of fused-ring (bicyclic) bond motifs is 5. The molecular formula is C23H18N2O5. The number of carbonyl (C=O) groups is 1. The largest absolute Gasteiger partial charge is 0.493 e. The van der Waals surface area contributed by atoms with Gasteiger partial charge >= 0.3 is 0 Å². The van der Waals surface area contributed by atoms with Crippen molar-refractivity contribution in [2.75, 3.05) is 20.8 Å². The normalized spacial score (nSPS) is 11.6. The van der Waals surface area contributed by atoms with E-state index >= 15 is 0 Å². The molecule has 0 atom stereocenters. The molecule has 3 aromatic heterocycles. The molecule has 0 radical (unpaired) electrons. The number of ether oxygens (including phenoxy) is 3. The van der Waals surface area contributed by atoms with E-state index in [4.69, 9.17) is 14.2 Å². The zero-order valence-electron chi connectivity index (χ0n) is 16.7. The van der Waals surface area contributed by atoms with Gasteiger partial charge in [0.1, 0.15) is 12.4 Å². The molecule has 2 aromatic carbocycles. The van der Waals surface area contributed by atoms with Crippen molar-refractivity contribution >= 4 is 43.9 Å². The summed E-state index contributed by atoms with van der Waals surface area (Å²) in [5.41, 5.74) is 1.96. The SMILES string of the molecule is COc1ccc2c(c1OC)c(=O)n1c3ccc(OCC(C)=O)cc3c3ccnc2c31. The standard InChI is InChI=1S/C23H18N2O5/c1-12(26)11-30-13-4-6-17-16(10-13)14-8-9-24-20-15-5-7-18(28-2)22(29-3)19(15)23(27)25(17)21(14)20/h4-10H,11H2,1-3H3. The molecule has 0 aliphatic rings. The van der Waals surface area contributed by atoms with Gasteiger partial charge in [0.05, 0.1) is 36.2 Å². The van der Waals surface area contributed by atoms with Gasteiger partial charge in [-0.3, -0.25) is 19.0 Å². The van der Waals surface area contributed by atoms with E-state index in [-0.39, 0.29) is 17.9 Å². The first-order valence-electron chi connectivity index (χ1n) is 9.40. The fraction of sp³-hybridized carbons (Fsp3) is 0.174. The van der Waals surface area contributed by atoms with Crippen LogP contribution in [0, 0.1) is 0 Å². The van der Waals surface area contributed by atoms with Crippen molar-refractivity contribution in [1.29, 1.82) is 0 Å².